The van der Waals surface area contributed by atoms with Crippen LogP contribution in [0.1, 0.15) is 51.0 Å². The lowest BCUT2D eigenvalue weighted by atomic mass is 9.95. The summed E-state index contributed by atoms with van der Waals surface area (Å²) in [5, 5.41) is 3.10. The normalized spacial score (nSPS) is 15.3. The van der Waals surface area contributed by atoms with Gasteiger partial charge in [0.1, 0.15) is 18.4 Å². The average molecular weight is 533 g/mol. The molecule has 3 rings (SSSR count). The Labute approximate surface area is 219 Å². The zero-order valence-corrected chi connectivity index (χ0v) is 22.6. The predicted octanol–water partition coefficient (Wildman–Crippen LogP) is 3.69. The Balaban J connectivity index is 1.93. The number of halogens is 1. The third kappa shape index (κ3) is 7.52. The third-order valence-electron chi connectivity index (χ3n) is 6.67. The number of hydrogen-bond acceptors (Lipinski definition) is 4. The van der Waals surface area contributed by atoms with Crippen molar-refractivity contribution in [2.24, 2.45) is 0 Å². The van der Waals surface area contributed by atoms with E-state index in [9.17, 15) is 22.4 Å². The van der Waals surface area contributed by atoms with Crippen LogP contribution in [0, 0.1) is 5.82 Å². The van der Waals surface area contributed by atoms with Gasteiger partial charge in [-0.15, -0.1) is 0 Å². The van der Waals surface area contributed by atoms with Gasteiger partial charge in [0.2, 0.25) is 11.8 Å². The first-order chi connectivity index (χ1) is 17.6. The molecule has 1 atom stereocenters. The Bertz CT molecular complexity index is 1140. The molecule has 0 unspecified atom stereocenters. The summed E-state index contributed by atoms with van der Waals surface area (Å²) in [6.45, 7) is 1.38. The zero-order valence-electron chi connectivity index (χ0n) is 21.8. The number of anilines is 1. The van der Waals surface area contributed by atoms with Gasteiger partial charge in [-0.3, -0.25) is 9.59 Å². The third-order valence-corrected chi connectivity index (χ3v) is 8.49. The summed E-state index contributed by atoms with van der Waals surface area (Å²) >= 11 is 0. The molecule has 1 N–H and O–H groups in total. The highest BCUT2D eigenvalue weighted by Crippen LogP contribution is 2.22. The number of carbonyl (C=O) groups is 2. The highest BCUT2D eigenvalue weighted by molar-refractivity contribution is 7.90. The lowest BCUT2D eigenvalue weighted by Crippen LogP contribution is -2.54. The fourth-order valence-electron chi connectivity index (χ4n) is 4.56. The molecular formula is C27H37FN4O4S. The second-order valence-corrected chi connectivity index (χ2v) is 11.6. The monoisotopic (exact) mass is 532 g/mol. The minimum atomic E-state index is -4.01. The van der Waals surface area contributed by atoms with Crippen molar-refractivity contribution in [3.8, 4) is 0 Å². The van der Waals surface area contributed by atoms with Crippen molar-refractivity contribution >= 4 is 27.7 Å². The van der Waals surface area contributed by atoms with E-state index in [4.69, 9.17) is 0 Å². The van der Waals surface area contributed by atoms with E-state index in [1.165, 1.54) is 31.1 Å². The van der Waals surface area contributed by atoms with E-state index >= 15 is 0 Å². The van der Waals surface area contributed by atoms with Crippen LogP contribution in [0.5, 0.6) is 0 Å². The summed E-state index contributed by atoms with van der Waals surface area (Å²) < 4.78 is 42.0. The Kier molecular flexibility index (Phi) is 10.0. The lowest BCUT2D eigenvalue weighted by Gasteiger charge is -2.35. The van der Waals surface area contributed by atoms with Crippen LogP contribution >= 0.6 is 0 Å². The molecule has 2 amide bonds. The molecular weight excluding hydrogens is 495 g/mol. The van der Waals surface area contributed by atoms with E-state index < -0.39 is 34.5 Å². The average Bonchev–Trinajstić information content (AvgIpc) is 2.89. The standard InChI is InChI=1S/C27H37FN4O4S/c1-4-25(27(34)29-23-11-7-5-8-12-23)31(19-21-15-17-22(28)18-16-21)26(33)20-32(37(35,36)30(2)3)24-13-9-6-10-14-24/h6,9-10,13-18,23,25H,4-5,7-8,11-12,19-20H2,1-3H3,(H,29,34)/t25-/m1/s1. The topological polar surface area (TPSA) is 90.0 Å². The zero-order chi connectivity index (χ0) is 27.0. The van der Waals surface area contributed by atoms with Crippen molar-refractivity contribution in [1.82, 2.24) is 14.5 Å². The maximum Gasteiger partial charge on any atom is 0.304 e. The molecule has 37 heavy (non-hydrogen) atoms. The van der Waals surface area contributed by atoms with Crippen LogP contribution in [0.25, 0.3) is 0 Å². The molecule has 1 aliphatic rings. The number of nitrogens with one attached hydrogen (secondary N) is 1. The summed E-state index contributed by atoms with van der Waals surface area (Å²) in [5.74, 6) is -1.19. The van der Waals surface area contributed by atoms with Crippen molar-refractivity contribution < 1.29 is 22.4 Å². The van der Waals surface area contributed by atoms with Crippen LogP contribution in [-0.4, -0.2) is 62.2 Å². The minimum Gasteiger partial charge on any atom is -0.352 e. The largest absolute Gasteiger partial charge is 0.352 e. The van der Waals surface area contributed by atoms with E-state index in [0.29, 0.717) is 17.7 Å². The van der Waals surface area contributed by atoms with Gasteiger partial charge in [0.15, 0.2) is 0 Å². The Morgan fingerprint density at radius 3 is 2.19 bits per heavy atom. The van der Waals surface area contributed by atoms with Crippen molar-refractivity contribution in [2.75, 3.05) is 24.9 Å². The maximum atomic E-state index is 13.8. The van der Waals surface area contributed by atoms with E-state index in [0.717, 1.165) is 40.7 Å². The molecule has 202 valence electrons. The summed E-state index contributed by atoms with van der Waals surface area (Å²) in [5.41, 5.74) is 0.978. The predicted molar refractivity (Wildman–Crippen MR) is 142 cm³/mol. The Hall–Kier alpha value is -2.98. The SMILES string of the molecule is CC[C@H](C(=O)NC1CCCCC1)N(Cc1ccc(F)cc1)C(=O)CN(c1ccccc1)S(=O)(=O)N(C)C. The molecule has 1 saturated carbocycles. The Morgan fingerprint density at radius 1 is 1.00 bits per heavy atom. The van der Waals surface area contributed by atoms with Gasteiger partial charge in [0.25, 0.3) is 0 Å². The quantitative estimate of drug-likeness (QED) is 0.478. The Morgan fingerprint density at radius 2 is 1.62 bits per heavy atom. The lowest BCUT2D eigenvalue weighted by molar-refractivity contribution is -0.140. The number of benzene rings is 2. The fraction of sp³-hybridized carbons (Fsp3) is 0.481. The van der Waals surface area contributed by atoms with Gasteiger partial charge in [-0.25, -0.2) is 8.70 Å². The summed E-state index contributed by atoms with van der Waals surface area (Å²) in [6.07, 6.45) is 5.39. The number of amides is 2. The number of carbonyl (C=O) groups excluding carboxylic acids is 2. The van der Waals surface area contributed by atoms with Crippen molar-refractivity contribution in [3.05, 3.63) is 66.0 Å². The molecule has 0 spiro atoms. The smallest absolute Gasteiger partial charge is 0.304 e. The molecule has 0 heterocycles. The van der Waals surface area contributed by atoms with E-state index in [2.05, 4.69) is 5.32 Å². The molecule has 0 aliphatic heterocycles. The number of hydrogen-bond donors (Lipinski definition) is 1. The van der Waals surface area contributed by atoms with Gasteiger partial charge in [0, 0.05) is 26.7 Å². The van der Waals surface area contributed by atoms with E-state index in [1.54, 1.807) is 42.5 Å². The highest BCUT2D eigenvalue weighted by Gasteiger charge is 2.34. The van der Waals surface area contributed by atoms with Crippen LogP contribution in [0.4, 0.5) is 10.1 Å². The van der Waals surface area contributed by atoms with Crippen LogP contribution in [0.3, 0.4) is 0 Å². The van der Waals surface area contributed by atoms with Gasteiger partial charge in [-0.1, -0.05) is 56.5 Å². The van der Waals surface area contributed by atoms with Gasteiger partial charge in [0.05, 0.1) is 5.69 Å². The highest BCUT2D eigenvalue weighted by atomic mass is 32.2. The van der Waals surface area contributed by atoms with Crippen LogP contribution < -0.4 is 9.62 Å². The number of rotatable bonds is 11. The summed E-state index contributed by atoms with van der Waals surface area (Å²) in [6, 6.07) is 13.4. The van der Waals surface area contributed by atoms with Crippen LogP contribution in [0.2, 0.25) is 0 Å². The number of nitrogens with zero attached hydrogens (tertiary/aromatic N) is 3. The molecule has 0 radical (unpaired) electrons. The van der Waals surface area contributed by atoms with Gasteiger partial charge in [-0.2, -0.15) is 12.7 Å². The molecule has 0 bridgehead atoms. The molecule has 0 saturated heterocycles. The van der Waals surface area contributed by atoms with Crippen molar-refractivity contribution in [2.45, 2.75) is 64.1 Å². The first kappa shape index (κ1) is 28.6. The van der Waals surface area contributed by atoms with Gasteiger partial charge >= 0.3 is 10.2 Å². The summed E-state index contributed by atoms with van der Waals surface area (Å²) in [4.78, 5) is 28.6. The second kappa shape index (κ2) is 13.0. The molecule has 1 fully saturated rings. The second-order valence-electron chi connectivity index (χ2n) is 9.55. The van der Waals surface area contributed by atoms with Crippen LogP contribution in [-0.2, 0) is 26.3 Å². The summed E-state index contributed by atoms with van der Waals surface area (Å²) in [7, 11) is -1.20. The van der Waals surface area contributed by atoms with Crippen LogP contribution in [0.15, 0.2) is 54.6 Å². The number of para-hydroxylation sites is 1. The van der Waals surface area contributed by atoms with E-state index in [1.807, 2.05) is 6.92 Å². The molecule has 8 nitrogen and oxygen atoms in total. The molecule has 1 aliphatic carbocycles. The van der Waals surface area contributed by atoms with Crippen molar-refractivity contribution in [3.63, 3.8) is 0 Å². The first-order valence-electron chi connectivity index (χ1n) is 12.7. The molecule has 2 aromatic carbocycles. The van der Waals surface area contributed by atoms with E-state index in [-0.39, 0.29) is 18.5 Å². The molecule has 0 aromatic heterocycles. The van der Waals surface area contributed by atoms with Gasteiger partial charge < -0.3 is 10.2 Å². The molecule has 2 aromatic rings. The van der Waals surface area contributed by atoms with Gasteiger partial charge in [-0.05, 0) is 49.1 Å². The van der Waals surface area contributed by atoms with Crippen molar-refractivity contribution in [1.29, 1.82) is 0 Å². The molecule has 10 heteroatoms. The first-order valence-corrected chi connectivity index (χ1v) is 14.1. The fourth-order valence-corrected chi connectivity index (χ4v) is 5.62. The maximum absolute atomic E-state index is 13.8. The minimum absolute atomic E-state index is 0.0420.